The maximum Gasteiger partial charge on any atom is 0.237 e. The normalized spacial score (nSPS) is 19.2. The van der Waals surface area contributed by atoms with Crippen LogP contribution in [0.4, 0.5) is 5.69 Å². The molecule has 8 nitrogen and oxygen atoms in total. The van der Waals surface area contributed by atoms with Crippen molar-refractivity contribution < 1.29 is 13.2 Å². The lowest BCUT2D eigenvalue weighted by atomic mass is 10.2. The topological polar surface area (TPSA) is 98.1 Å². The second kappa shape index (κ2) is 5.08. The number of rotatable bonds is 3. The van der Waals surface area contributed by atoms with Crippen molar-refractivity contribution in [3.05, 3.63) is 30.6 Å². The van der Waals surface area contributed by atoms with E-state index in [4.69, 9.17) is 10.7 Å². The van der Waals surface area contributed by atoms with Crippen LogP contribution in [0.5, 0.6) is 0 Å². The number of carbonyl (C=O) groups excluding carboxylic acids is 1. The van der Waals surface area contributed by atoms with Gasteiger partial charge in [0.1, 0.15) is 11.6 Å². The summed E-state index contributed by atoms with van der Waals surface area (Å²) in [5, 5.41) is 9.98. The molecule has 21 heavy (non-hydrogen) atoms. The molecule has 2 heterocycles. The van der Waals surface area contributed by atoms with Crippen LogP contribution in [0.3, 0.4) is 0 Å². The van der Waals surface area contributed by atoms with E-state index in [0.717, 1.165) is 0 Å². The molecule has 1 aliphatic rings. The van der Waals surface area contributed by atoms with E-state index in [1.807, 2.05) is 0 Å². The Bertz CT molecular complexity index is 777. The zero-order chi connectivity index (χ0) is 15.0. The number of carbonyl (C=O) groups is 1. The summed E-state index contributed by atoms with van der Waals surface area (Å²) in [6.07, 6.45) is 1.27. The standard InChI is InChI=1S/C11H10ClN5O3S/c12-21(19,20)8-5-11(18)16(6-8)9-3-1-2-4-10(9)17-7-13-14-15-17/h1-4,7-8H,5-6H2. The Morgan fingerprint density at radius 1 is 1.24 bits per heavy atom. The number of amides is 1. The fourth-order valence-electron chi connectivity index (χ4n) is 2.25. The zero-order valence-corrected chi connectivity index (χ0v) is 12.2. The molecule has 0 N–H and O–H groups in total. The van der Waals surface area contributed by atoms with Crippen LogP contribution in [0.2, 0.25) is 0 Å². The van der Waals surface area contributed by atoms with E-state index in [1.54, 1.807) is 24.3 Å². The number of nitrogens with zero attached hydrogens (tertiary/aromatic N) is 5. The first-order valence-corrected chi connectivity index (χ1v) is 8.40. The molecule has 1 aromatic carbocycles. The lowest BCUT2D eigenvalue weighted by Gasteiger charge is -2.19. The van der Waals surface area contributed by atoms with Crippen LogP contribution in [-0.2, 0) is 13.8 Å². The monoisotopic (exact) mass is 327 g/mol. The van der Waals surface area contributed by atoms with Gasteiger partial charge in [0.05, 0.1) is 11.4 Å². The van der Waals surface area contributed by atoms with Crippen LogP contribution < -0.4 is 4.90 Å². The van der Waals surface area contributed by atoms with Gasteiger partial charge in [0.15, 0.2) is 0 Å². The summed E-state index contributed by atoms with van der Waals surface area (Å²) in [7, 11) is 1.57. The minimum Gasteiger partial charge on any atom is -0.309 e. The molecule has 1 fully saturated rings. The molecular weight excluding hydrogens is 318 g/mol. The molecule has 110 valence electrons. The van der Waals surface area contributed by atoms with Gasteiger partial charge in [-0.15, -0.1) is 5.10 Å². The number of anilines is 1. The number of aromatic nitrogens is 4. The maximum atomic E-state index is 12.1. The number of para-hydroxylation sites is 2. The Labute approximate surface area is 124 Å². The Morgan fingerprint density at radius 2 is 1.95 bits per heavy atom. The second-order valence-electron chi connectivity index (χ2n) is 4.55. The molecule has 3 rings (SSSR count). The summed E-state index contributed by atoms with van der Waals surface area (Å²) in [5.41, 5.74) is 1.13. The molecular formula is C11H10ClN5O3S. The molecule has 1 saturated heterocycles. The third kappa shape index (κ3) is 2.61. The lowest BCUT2D eigenvalue weighted by Crippen LogP contribution is -2.27. The molecule has 0 saturated carbocycles. The first-order valence-electron chi connectivity index (χ1n) is 6.03. The maximum absolute atomic E-state index is 12.1. The van der Waals surface area contributed by atoms with E-state index >= 15 is 0 Å². The van der Waals surface area contributed by atoms with Crippen LogP contribution in [0.1, 0.15) is 6.42 Å². The lowest BCUT2D eigenvalue weighted by molar-refractivity contribution is -0.117. The van der Waals surface area contributed by atoms with E-state index in [-0.39, 0.29) is 18.9 Å². The van der Waals surface area contributed by atoms with Gasteiger partial charge in [-0.3, -0.25) is 4.79 Å². The SMILES string of the molecule is O=C1CC(S(=O)(=O)Cl)CN1c1ccccc1-n1cnnn1. The molecule has 0 spiro atoms. The van der Waals surface area contributed by atoms with Gasteiger partial charge >= 0.3 is 0 Å². The molecule has 0 aliphatic carbocycles. The summed E-state index contributed by atoms with van der Waals surface area (Å²) in [6, 6.07) is 6.97. The van der Waals surface area contributed by atoms with E-state index in [0.29, 0.717) is 11.4 Å². The summed E-state index contributed by atoms with van der Waals surface area (Å²) in [5.74, 6) is -0.301. The molecule has 1 unspecified atom stereocenters. The van der Waals surface area contributed by atoms with Crippen molar-refractivity contribution in [3.8, 4) is 5.69 Å². The predicted molar refractivity (Wildman–Crippen MR) is 74.7 cm³/mol. The van der Waals surface area contributed by atoms with E-state index in [1.165, 1.54) is 15.9 Å². The van der Waals surface area contributed by atoms with Crippen molar-refractivity contribution in [2.75, 3.05) is 11.4 Å². The zero-order valence-electron chi connectivity index (χ0n) is 10.6. The van der Waals surface area contributed by atoms with Gasteiger partial charge in [-0.2, -0.15) is 4.68 Å². The third-order valence-corrected chi connectivity index (χ3v) is 5.12. The smallest absolute Gasteiger partial charge is 0.237 e. The fourth-order valence-corrected chi connectivity index (χ4v) is 3.28. The molecule has 1 aliphatic heterocycles. The quantitative estimate of drug-likeness (QED) is 0.754. The molecule has 1 aromatic heterocycles. The van der Waals surface area contributed by atoms with Gasteiger partial charge in [0.2, 0.25) is 15.0 Å². The van der Waals surface area contributed by atoms with Gasteiger partial charge in [-0.25, -0.2) is 8.42 Å². The Hall–Kier alpha value is -2.00. The summed E-state index contributed by atoms with van der Waals surface area (Å²) >= 11 is 0. The molecule has 10 heteroatoms. The van der Waals surface area contributed by atoms with Gasteiger partial charge in [0, 0.05) is 23.6 Å². The fraction of sp³-hybridized carbons (Fsp3) is 0.273. The highest BCUT2D eigenvalue weighted by atomic mass is 35.7. The van der Waals surface area contributed by atoms with Gasteiger partial charge in [-0.1, -0.05) is 12.1 Å². The molecule has 1 amide bonds. The van der Waals surface area contributed by atoms with Crippen LogP contribution >= 0.6 is 10.7 Å². The highest BCUT2D eigenvalue weighted by Crippen LogP contribution is 2.30. The van der Waals surface area contributed by atoms with E-state index in [2.05, 4.69) is 15.5 Å². The Kier molecular flexibility index (Phi) is 3.38. The first kappa shape index (κ1) is 14.0. The summed E-state index contributed by atoms with van der Waals surface area (Å²) < 4.78 is 24.2. The number of benzene rings is 1. The van der Waals surface area contributed by atoms with Gasteiger partial charge in [-0.05, 0) is 22.6 Å². The van der Waals surface area contributed by atoms with Crippen molar-refractivity contribution in [1.82, 2.24) is 20.2 Å². The van der Waals surface area contributed by atoms with E-state index < -0.39 is 14.3 Å². The highest BCUT2D eigenvalue weighted by molar-refractivity contribution is 8.14. The number of hydrogen-bond donors (Lipinski definition) is 0. The van der Waals surface area contributed by atoms with Crippen molar-refractivity contribution in [1.29, 1.82) is 0 Å². The van der Waals surface area contributed by atoms with Crippen molar-refractivity contribution in [3.63, 3.8) is 0 Å². The first-order chi connectivity index (χ1) is 9.97. The minimum absolute atomic E-state index is 0.0177. The number of halogens is 1. The van der Waals surface area contributed by atoms with Crippen molar-refractivity contribution in [2.45, 2.75) is 11.7 Å². The largest absolute Gasteiger partial charge is 0.309 e. The Balaban J connectivity index is 2.01. The minimum atomic E-state index is -3.78. The average Bonchev–Trinajstić information content (AvgIpc) is 3.07. The summed E-state index contributed by atoms with van der Waals surface area (Å²) in [6.45, 7) is 0.0177. The van der Waals surface area contributed by atoms with Crippen molar-refractivity contribution >= 4 is 31.3 Å². The van der Waals surface area contributed by atoms with Gasteiger partial charge in [0.25, 0.3) is 0 Å². The molecule has 0 bridgehead atoms. The molecule has 1 atom stereocenters. The number of tetrazole rings is 1. The average molecular weight is 328 g/mol. The third-order valence-electron chi connectivity index (χ3n) is 3.26. The van der Waals surface area contributed by atoms with Gasteiger partial charge < -0.3 is 4.90 Å². The molecule has 2 aromatic rings. The number of hydrogen-bond acceptors (Lipinski definition) is 6. The summed E-state index contributed by atoms with van der Waals surface area (Å²) in [4.78, 5) is 13.5. The Morgan fingerprint density at radius 3 is 2.52 bits per heavy atom. The van der Waals surface area contributed by atoms with Crippen LogP contribution in [0, 0.1) is 0 Å². The highest BCUT2D eigenvalue weighted by Gasteiger charge is 2.38. The second-order valence-corrected chi connectivity index (χ2v) is 7.46. The predicted octanol–water partition coefficient (Wildman–Crippen LogP) is 0.336. The van der Waals surface area contributed by atoms with Crippen molar-refractivity contribution in [2.24, 2.45) is 0 Å². The van der Waals surface area contributed by atoms with Crippen LogP contribution in [0.15, 0.2) is 30.6 Å². The van der Waals surface area contributed by atoms with E-state index in [9.17, 15) is 13.2 Å². The van der Waals surface area contributed by atoms with Crippen LogP contribution in [-0.4, -0.2) is 46.3 Å². The molecule has 0 radical (unpaired) electrons. The van der Waals surface area contributed by atoms with Crippen LogP contribution in [0.25, 0.3) is 5.69 Å².